The summed E-state index contributed by atoms with van der Waals surface area (Å²) in [6.45, 7) is 2.52. The molecule has 0 fully saturated rings. The van der Waals surface area contributed by atoms with Gasteiger partial charge < -0.3 is 19.4 Å². The topological polar surface area (TPSA) is 89.6 Å². The summed E-state index contributed by atoms with van der Waals surface area (Å²) >= 11 is 0. The summed E-state index contributed by atoms with van der Waals surface area (Å²) in [7, 11) is 1.61. The predicted molar refractivity (Wildman–Crippen MR) is 129 cm³/mol. The smallest absolute Gasteiger partial charge is 0.273 e. The van der Waals surface area contributed by atoms with Crippen LogP contribution in [0, 0.1) is 0 Å². The van der Waals surface area contributed by atoms with Crippen molar-refractivity contribution in [3.63, 3.8) is 0 Å². The molecule has 0 aliphatic carbocycles. The highest BCUT2D eigenvalue weighted by atomic mass is 16.5. The number of carbonyl (C=O) groups is 2. The lowest BCUT2D eigenvalue weighted by Crippen LogP contribution is -2.63. The van der Waals surface area contributed by atoms with E-state index in [1.165, 1.54) is 0 Å². The Balaban J connectivity index is 1.47. The Labute approximate surface area is 203 Å². The number of benzene rings is 2. The number of nitrogens with zero attached hydrogens (tertiary/aromatic N) is 3. The molecule has 4 aromatic rings. The van der Waals surface area contributed by atoms with E-state index in [1.54, 1.807) is 48.1 Å². The average molecular weight is 471 g/mol. The lowest BCUT2D eigenvalue weighted by molar-refractivity contribution is -0.133. The third-order valence-electron chi connectivity index (χ3n) is 6.36. The molecule has 3 heterocycles. The Morgan fingerprint density at radius 1 is 1.11 bits per heavy atom. The van der Waals surface area contributed by atoms with Crippen molar-refractivity contribution in [3.8, 4) is 17.0 Å². The van der Waals surface area contributed by atoms with Gasteiger partial charge in [-0.15, -0.1) is 0 Å². The lowest BCUT2D eigenvalue weighted by Gasteiger charge is -2.42. The van der Waals surface area contributed by atoms with Gasteiger partial charge in [0.2, 0.25) is 5.91 Å². The molecule has 0 saturated heterocycles. The van der Waals surface area contributed by atoms with Gasteiger partial charge >= 0.3 is 0 Å². The molecule has 0 bridgehead atoms. The third-order valence-corrected chi connectivity index (χ3v) is 6.36. The van der Waals surface area contributed by atoms with E-state index in [0.717, 1.165) is 16.9 Å². The summed E-state index contributed by atoms with van der Waals surface area (Å²) in [6, 6.07) is 22.5. The normalized spacial score (nSPS) is 17.2. The first-order valence-electron chi connectivity index (χ1n) is 11.4. The number of hydrogen-bond donors (Lipinski definition) is 1. The standard InChI is InChI=1S/C27H26N4O4/c1-27(26(33)28-16-19-7-4-3-5-8-19)18-31-24(25(32)30(27)17-22-9-6-14-35-22)15-23(29-31)20-10-12-21(34-2)13-11-20/h3-15H,16-18H2,1-2H3,(H,28,33)/t27-/m1/s1. The largest absolute Gasteiger partial charge is 0.497 e. The maximum absolute atomic E-state index is 13.7. The van der Waals surface area contributed by atoms with Crippen molar-refractivity contribution in [1.82, 2.24) is 20.0 Å². The first-order valence-corrected chi connectivity index (χ1v) is 11.4. The van der Waals surface area contributed by atoms with Crippen LogP contribution >= 0.6 is 0 Å². The van der Waals surface area contributed by atoms with E-state index in [4.69, 9.17) is 9.15 Å². The van der Waals surface area contributed by atoms with E-state index < -0.39 is 5.54 Å². The van der Waals surface area contributed by atoms with Crippen LogP contribution < -0.4 is 10.1 Å². The molecule has 1 atom stereocenters. The van der Waals surface area contributed by atoms with Gasteiger partial charge in [0.25, 0.3) is 5.91 Å². The molecule has 8 nitrogen and oxygen atoms in total. The third kappa shape index (κ3) is 4.30. The van der Waals surface area contributed by atoms with Crippen molar-refractivity contribution < 1.29 is 18.7 Å². The number of ether oxygens (including phenoxy) is 1. The zero-order valence-corrected chi connectivity index (χ0v) is 19.6. The summed E-state index contributed by atoms with van der Waals surface area (Å²) in [5.74, 6) is 0.801. The number of furan rings is 1. The van der Waals surface area contributed by atoms with E-state index in [0.29, 0.717) is 23.7 Å². The minimum absolute atomic E-state index is 0.171. The molecule has 5 rings (SSSR count). The molecule has 8 heteroatoms. The summed E-state index contributed by atoms with van der Waals surface area (Å²) in [5, 5.41) is 7.68. The SMILES string of the molecule is COc1ccc(-c2cc3n(n2)C[C@](C)(C(=O)NCc2ccccc2)N(Cc2ccco2)C3=O)cc1. The fraction of sp³-hybridized carbons (Fsp3) is 0.222. The van der Waals surface area contributed by atoms with Crippen LogP contribution in [0.2, 0.25) is 0 Å². The van der Waals surface area contributed by atoms with Gasteiger partial charge in [0, 0.05) is 12.1 Å². The van der Waals surface area contributed by atoms with Crippen LogP contribution in [0.25, 0.3) is 11.3 Å². The van der Waals surface area contributed by atoms with Gasteiger partial charge in [-0.2, -0.15) is 5.10 Å². The van der Waals surface area contributed by atoms with Crippen LogP contribution in [0.15, 0.2) is 83.5 Å². The highest BCUT2D eigenvalue weighted by Gasteiger charge is 2.48. The maximum atomic E-state index is 13.7. The number of aromatic nitrogens is 2. The van der Waals surface area contributed by atoms with Crippen LogP contribution in [0.1, 0.15) is 28.7 Å². The molecule has 0 saturated carbocycles. The predicted octanol–water partition coefficient (Wildman–Crippen LogP) is 3.88. The minimum atomic E-state index is -1.17. The number of amides is 2. The van der Waals surface area contributed by atoms with Gasteiger partial charge in [-0.25, -0.2) is 0 Å². The number of rotatable bonds is 7. The molecule has 0 radical (unpaired) electrons. The van der Waals surface area contributed by atoms with Crippen molar-refractivity contribution in [1.29, 1.82) is 0 Å². The summed E-state index contributed by atoms with van der Waals surface area (Å²) in [6.07, 6.45) is 1.56. The van der Waals surface area contributed by atoms with Crippen molar-refractivity contribution in [2.75, 3.05) is 7.11 Å². The van der Waals surface area contributed by atoms with E-state index in [1.807, 2.05) is 54.6 Å². The fourth-order valence-corrected chi connectivity index (χ4v) is 4.32. The zero-order valence-electron chi connectivity index (χ0n) is 19.6. The van der Waals surface area contributed by atoms with Gasteiger partial charge in [0.05, 0.1) is 32.2 Å². The van der Waals surface area contributed by atoms with Crippen LogP contribution in [-0.2, 0) is 24.4 Å². The number of carbonyl (C=O) groups excluding carboxylic acids is 2. The molecular formula is C27H26N4O4. The molecule has 0 spiro atoms. The first-order chi connectivity index (χ1) is 17.0. The molecular weight excluding hydrogens is 444 g/mol. The molecule has 35 heavy (non-hydrogen) atoms. The second-order valence-corrected chi connectivity index (χ2v) is 8.71. The Morgan fingerprint density at radius 3 is 2.57 bits per heavy atom. The highest BCUT2D eigenvalue weighted by Crippen LogP contribution is 2.32. The Bertz CT molecular complexity index is 1330. The molecule has 2 aromatic carbocycles. The molecule has 2 amide bonds. The first kappa shape index (κ1) is 22.5. The molecule has 1 aliphatic heterocycles. The number of hydrogen-bond acceptors (Lipinski definition) is 5. The Kier molecular flexibility index (Phi) is 5.86. The molecule has 178 valence electrons. The van der Waals surface area contributed by atoms with Gasteiger partial charge in [0.15, 0.2) is 0 Å². The van der Waals surface area contributed by atoms with Crippen molar-refractivity contribution >= 4 is 11.8 Å². The molecule has 0 unspecified atom stereocenters. The molecule has 1 aliphatic rings. The lowest BCUT2D eigenvalue weighted by atomic mass is 9.94. The van der Waals surface area contributed by atoms with Crippen LogP contribution in [-0.4, -0.2) is 39.1 Å². The quantitative estimate of drug-likeness (QED) is 0.443. The number of methoxy groups -OCH3 is 1. The van der Waals surface area contributed by atoms with E-state index in [-0.39, 0.29) is 24.9 Å². The average Bonchev–Trinajstić information content (AvgIpc) is 3.56. The Hall–Kier alpha value is -4.33. The van der Waals surface area contributed by atoms with E-state index in [9.17, 15) is 9.59 Å². The van der Waals surface area contributed by atoms with Gasteiger partial charge in [-0.05, 0) is 55.0 Å². The maximum Gasteiger partial charge on any atom is 0.273 e. The van der Waals surface area contributed by atoms with Gasteiger partial charge in [-0.3, -0.25) is 14.3 Å². The fourth-order valence-electron chi connectivity index (χ4n) is 4.32. The van der Waals surface area contributed by atoms with Crippen LogP contribution in [0.4, 0.5) is 0 Å². The van der Waals surface area contributed by atoms with Gasteiger partial charge in [0.1, 0.15) is 22.7 Å². The van der Waals surface area contributed by atoms with E-state index >= 15 is 0 Å². The minimum Gasteiger partial charge on any atom is -0.497 e. The van der Waals surface area contributed by atoms with Crippen LogP contribution in [0.5, 0.6) is 5.75 Å². The monoisotopic (exact) mass is 470 g/mol. The van der Waals surface area contributed by atoms with Crippen molar-refractivity contribution in [3.05, 3.63) is 96.1 Å². The van der Waals surface area contributed by atoms with Crippen molar-refractivity contribution in [2.24, 2.45) is 0 Å². The highest BCUT2D eigenvalue weighted by molar-refractivity contribution is 6.00. The number of nitrogens with one attached hydrogen (secondary N) is 1. The van der Waals surface area contributed by atoms with Crippen LogP contribution in [0.3, 0.4) is 0 Å². The molecule has 2 aromatic heterocycles. The van der Waals surface area contributed by atoms with Gasteiger partial charge in [-0.1, -0.05) is 30.3 Å². The second-order valence-electron chi connectivity index (χ2n) is 8.71. The Morgan fingerprint density at radius 2 is 1.89 bits per heavy atom. The van der Waals surface area contributed by atoms with E-state index in [2.05, 4.69) is 10.4 Å². The second kappa shape index (κ2) is 9.13. The van der Waals surface area contributed by atoms with Crippen molar-refractivity contribution in [2.45, 2.75) is 32.1 Å². The zero-order chi connectivity index (χ0) is 24.4. The molecule has 1 N–H and O–H groups in total. The summed E-state index contributed by atoms with van der Waals surface area (Å²) in [4.78, 5) is 28.8. The number of fused-ring (bicyclic) bond motifs is 1. The summed E-state index contributed by atoms with van der Waals surface area (Å²) < 4.78 is 12.4. The summed E-state index contributed by atoms with van der Waals surface area (Å²) in [5.41, 5.74) is 1.74.